The van der Waals surface area contributed by atoms with E-state index in [-0.39, 0.29) is 31.0 Å². The number of aliphatic hydroxyl groups is 1. The molecule has 0 aliphatic heterocycles. The van der Waals surface area contributed by atoms with Crippen molar-refractivity contribution >= 4 is 5.91 Å². The third-order valence-corrected chi connectivity index (χ3v) is 3.91. The first-order chi connectivity index (χ1) is 9.03. The number of nitrogens with one attached hydrogen (secondary N) is 1. The maximum Gasteiger partial charge on any atom is 0.255 e. The van der Waals surface area contributed by atoms with E-state index in [1.807, 2.05) is 7.05 Å². The minimum Gasteiger partial charge on any atom is -0.395 e. The van der Waals surface area contributed by atoms with E-state index in [1.165, 1.54) is 0 Å². The first kappa shape index (κ1) is 16.3. The van der Waals surface area contributed by atoms with Crippen LogP contribution in [0.4, 0.5) is 8.78 Å². The van der Waals surface area contributed by atoms with Crippen LogP contribution in [0.3, 0.4) is 0 Å². The van der Waals surface area contributed by atoms with Crippen molar-refractivity contribution in [2.75, 3.05) is 26.7 Å². The summed E-state index contributed by atoms with van der Waals surface area (Å²) in [6.45, 7) is -0.910. The van der Waals surface area contributed by atoms with E-state index >= 15 is 0 Å². The molecule has 1 rings (SSSR count). The zero-order valence-electron chi connectivity index (χ0n) is 11.5. The topological polar surface area (TPSA) is 52.6 Å². The van der Waals surface area contributed by atoms with Gasteiger partial charge in [0.15, 0.2) is 0 Å². The number of aliphatic hydroxyl groups excluding tert-OH is 1. The van der Waals surface area contributed by atoms with Crippen molar-refractivity contribution in [1.82, 2.24) is 10.2 Å². The summed E-state index contributed by atoms with van der Waals surface area (Å²) >= 11 is 0. The molecule has 0 bridgehead atoms. The molecule has 1 fully saturated rings. The molecule has 19 heavy (non-hydrogen) atoms. The number of hydrogen-bond acceptors (Lipinski definition) is 3. The van der Waals surface area contributed by atoms with Gasteiger partial charge in [-0.2, -0.15) is 0 Å². The van der Waals surface area contributed by atoms with Gasteiger partial charge in [-0.1, -0.05) is 19.3 Å². The zero-order valence-corrected chi connectivity index (χ0v) is 11.5. The van der Waals surface area contributed by atoms with E-state index in [2.05, 4.69) is 5.32 Å². The van der Waals surface area contributed by atoms with Gasteiger partial charge in [0.2, 0.25) is 5.91 Å². The van der Waals surface area contributed by atoms with Crippen molar-refractivity contribution in [3.8, 4) is 0 Å². The molecule has 112 valence electrons. The second-order valence-electron chi connectivity index (χ2n) is 5.22. The van der Waals surface area contributed by atoms with Gasteiger partial charge in [0.25, 0.3) is 6.43 Å². The maximum absolute atomic E-state index is 12.4. The predicted molar refractivity (Wildman–Crippen MR) is 69.2 cm³/mol. The molecular formula is C13H24F2N2O2. The van der Waals surface area contributed by atoms with Gasteiger partial charge in [-0.15, -0.1) is 0 Å². The van der Waals surface area contributed by atoms with Crippen LogP contribution in [0.2, 0.25) is 0 Å². The van der Waals surface area contributed by atoms with Gasteiger partial charge in [-0.3, -0.25) is 4.79 Å². The van der Waals surface area contributed by atoms with Crippen LogP contribution in [0.1, 0.15) is 38.5 Å². The fourth-order valence-electron chi connectivity index (χ4n) is 2.75. The molecule has 1 saturated carbocycles. The van der Waals surface area contributed by atoms with Gasteiger partial charge in [0.1, 0.15) is 0 Å². The fourth-order valence-corrected chi connectivity index (χ4v) is 2.75. The number of halogens is 2. The SMILES string of the molecule is CNC1(CC(=O)N(CCO)CC(F)F)CCCCC1. The Hall–Kier alpha value is -0.750. The molecule has 0 saturated heterocycles. The Bertz CT molecular complexity index is 282. The van der Waals surface area contributed by atoms with Crippen LogP contribution in [-0.2, 0) is 4.79 Å². The molecule has 1 amide bonds. The highest BCUT2D eigenvalue weighted by atomic mass is 19.3. The van der Waals surface area contributed by atoms with Crippen LogP contribution < -0.4 is 5.32 Å². The molecule has 1 aliphatic carbocycles. The van der Waals surface area contributed by atoms with Gasteiger partial charge in [-0.25, -0.2) is 8.78 Å². The largest absolute Gasteiger partial charge is 0.395 e. The first-order valence-electron chi connectivity index (χ1n) is 6.89. The third-order valence-electron chi connectivity index (χ3n) is 3.91. The van der Waals surface area contributed by atoms with E-state index < -0.39 is 13.0 Å². The van der Waals surface area contributed by atoms with E-state index in [4.69, 9.17) is 5.11 Å². The minimum absolute atomic E-state index is 0.0248. The standard InChI is InChI=1S/C13H24F2N2O2/c1-16-13(5-3-2-4-6-13)9-12(19)17(7-8-18)10-11(14)15/h11,16,18H,2-10H2,1H3. The molecule has 0 aromatic heterocycles. The van der Waals surface area contributed by atoms with Crippen LogP contribution in [0.15, 0.2) is 0 Å². The first-order valence-corrected chi connectivity index (χ1v) is 6.89. The molecule has 0 aromatic carbocycles. The summed E-state index contributed by atoms with van der Waals surface area (Å²) in [6.07, 6.45) is 2.75. The molecule has 0 atom stereocenters. The van der Waals surface area contributed by atoms with Crippen LogP contribution in [0.25, 0.3) is 0 Å². The van der Waals surface area contributed by atoms with E-state index in [0.717, 1.165) is 37.0 Å². The van der Waals surface area contributed by atoms with Crippen molar-refractivity contribution < 1.29 is 18.7 Å². The molecule has 4 nitrogen and oxygen atoms in total. The molecule has 0 heterocycles. The summed E-state index contributed by atoms with van der Waals surface area (Å²) in [6, 6.07) is 0. The lowest BCUT2D eigenvalue weighted by Gasteiger charge is -2.38. The fraction of sp³-hybridized carbons (Fsp3) is 0.923. The average Bonchev–Trinajstić information content (AvgIpc) is 2.39. The van der Waals surface area contributed by atoms with Gasteiger partial charge < -0.3 is 15.3 Å². The number of carbonyl (C=O) groups excluding carboxylic acids is 1. The van der Waals surface area contributed by atoms with E-state index in [9.17, 15) is 13.6 Å². The summed E-state index contributed by atoms with van der Waals surface area (Å²) in [5.41, 5.74) is -0.259. The van der Waals surface area contributed by atoms with Crippen molar-refractivity contribution in [2.45, 2.75) is 50.5 Å². The monoisotopic (exact) mass is 278 g/mol. The molecule has 1 aliphatic rings. The summed E-state index contributed by atoms with van der Waals surface area (Å²) in [5, 5.41) is 12.1. The third kappa shape index (κ3) is 5.03. The van der Waals surface area contributed by atoms with Gasteiger partial charge in [0, 0.05) is 18.5 Å². The van der Waals surface area contributed by atoms with Crippen LogP contribution in [0, 0.1) is 0 Å². The number of amides is 1. The quantitative estimate of drug-likeness (QED) is 0.740. The second kappa shape index (κ2) is 7.75. The Labute approximate surface area is 113 Å². The predicted octanol–water partition coefficient (Wildman–Crippen LogP) is 1.38. The summed E-state index contributed by atoms with van der Waals surface area (Å²) in [7, 11) is 1.82. The van der Waals surface area contributed by atoms with Crippen molar-refractivity contribution in [3.63, 3.8) is 0 Å². The number of alkyl halides is 2. The lowest BCUT2D eigenvalue weighted by atomic mass is 9.79. The average molecular weight is 278 g/mol. The van der Waals surface area contributed by atoms with Crippen LogP contribution in [-0.4, -0.2) is 54.6 Å². The smallest absolute Gasteiger partial charge is 0.255 e. The highest BCUT2D eigenvalue weighted by Crippen LogP contribution is 2.31. The highest BCUT2D eigenvalue weighted by Gasteiger charge is 2.34. The molecule has 0 aromatic rings. The van der Waals surface area contributed by atoms with Gasteiger partial charge >= 0.3 is 0 Å². The zero-order chi connectivity index (χ0) is 14.3. The molecule has 0 radical (unpaired) electrons. The summed E-state index contributed by atoms with van der Waals surface area (Å²) in [4.78, 5) is 13.2. The lowest BCUT2D eigenvalue weighted by Crippen LogP contribution is -2.50. The van der Waals surface area contributed by atoms with Crippen LogP contribution >= 0.6 is 0 Å². The van der Waals surface area contributed by atoms with Crippen molar-refractivity contribution in [1.29, 1.82) is 0 Å². The molecule has 2 N–H and O–H groups in total. The molecule has 0 spiro atoms. The molecular weight excluding hydrogens is 254 g/mol. The number of hydrogen-bond donors (Lipinski definition) is 2. The van der Waals surface area contributed by atoms with Gasteiger partial charge in [-0.05, 0) is 19.9 Å². The highest BCUT2D eigenvalue weighted by molar-refractivity contribution is 5.77. The van der Waals surface area contributed by atoms with Gasteiger partial charge in [0.05, 0.1) is 13.2 Å². The lowest BCUT2D eigenvalue weighted by molar-refractivity contribution is -0.135. The molecule has 6 heteroatoms. The van der Waals surface area contributed by atoms with Crippen LogP contribution in [0.5, 0.6) is 0 Å². The number of rotatable bonds is 7. The Morgan fingerprint density at radius 3 is 2.47 bits per heavy atom. The van der Waals surface area contributed by atoms with E-state index in [0.29, 0.717) is 0 Å². The van der Waals surface area contributed by atoms with Crippen molar-refractivity contribution in [2.24, 2.45) is 0 Å². The number of nitrogens with zero attached hydrogens (tertiary/aromatic N) is 1. The number of carbonyl (C=O) groups is 1. The Morgan fingerprint density at radius 2 is 2.00 bits per heavy atom. The van der Waals surface area contributed by atoms with Crippen molar-refractivity contribution in [3.05, 3.63) is 0 Å². The molecule has 0 unspecified atom stereocenters. The summed E-state index contributed by atoms with van der Waals surface area (Å²) < 4.78 is 24.9. The van der Waals surface area contributed by atoms with E-state index in [1.54, 1.807) is 0 Å². The summed E-state index contributed by atoms with van der Waals surface area (Å²) in [5.74, 6) is -0.300. The minimum atomic E-state index is -2.56. The Morgan fingerprint density at radius 1 is 1.37 bits per heavy atom. The maximum atomic E-state index is 12.4. The normalized spacial score (nSPS) is 18.6. The Kier molecular flexibility index (Phi) is 6.65. The second-order valence-corrected chi connectivity index (χ2v) is 5.22. The Balaban J connectivity index is 2.62.